The molecule has 3 atom stereocenters. The number of ether oxygens (including phenoxy) is 1. The first-order valence-corrected chi connectivity index (χ1v) is 15.9. The zero-order chi connectivity index (χ0) is 33.6. The van der Waals surface area contributed by atoms with Crippen molar-refractivity contribution in [3.05, 3.63) is 96.8 Å². The van der Waals surface area contributed by atoms with Gasteiger partial charge in [0.2, 0.25) is 11.8 Å². The van der Waals surface area contributed by atoms with Crippen LogP contribution in [-0.2, 0) is 25.3 Å². The highest BCUT2D eigenvalue weighted by Gasteiger charge is 2.36. The Hall–Kier alpha value is -4.74. The standard InChI is InChI=1S/C35H36ClN5O6/c1-18-21(7-6-10-26(18)38-32(44)25-17-40(2)35(46)41(3)34(25)45)22-8-5-9-23(31(22)36)27-14-20-15-28(42)24(30(20)33(39-27)47-4)12-11-19-13-29(43)37-16-19/h5-10,14,17,19,24,28,42H,11-13,15-16H2,1-4H3,(H,37,43)(H,38,44). The number of anilines is 1. The fraction of sp³-hybridized carbons (Fsp3) is 0.343. The number of aryl methyl sites for hydroxylation is 1. The Balaban J connectivity index is 1.31. The molecule has 0 bridgehead atoms. The van der Waals surface area contributed by atoms with Crippen LogP contribution in [0, 0.1) is 12.8 Å². The summed E-state index contributed by atoms with van der Waals surface area (Å²) in [5, 5.41) is 17.2. The summed E-state index contributed by atoms with van der Waals surface area (Å²) in [6, 6.07) is 13.0. The Morgan fingerprint density at radius 1 is 1.09 bits per heavy atom. The van der Waals surface area contributed by atoms with Crippen LogP contribution in [0.3, 0.4) is 0 Å². The molecule has 1 aliphatic carbocycles. The highest BCUT2D eigenvalue weighted by Crippen LogP contribution is 2.45. The summed E-state index contributed by atoms with van der Waals surface area (Å²) >= 11 is 7.08. The monoisotopic (exact) mass is 657 g/mol. The molecule has 6 rings (SSSR count). The molecule has 2 aromatic heterocycles. The zero-order valence-electron chi connectivity index (χ0n) is 26.6. The van der Waals surface area contributed by atoms with E-state index in [4.69, 9.17) is 21.3 Å². The van der Waals surface area contributed by atoms with Crippen molar-refractivity contribution in [1.29, 1.82) is 0 Å². The largest absolute Gasteiger partial charge is 0.481 e. The molecule has 2 aromatic carbocycles. The number of hydrogen-bond donors (Lipinski definition) is 3. The van der Waals surface area contributed by atoms with Crippen molar-refractivity contribution < 1.29 is 19.4 Å². The maximum Gasteiger partial charge on any atom is 0.330 e. The van der Waals surface area contributed by atoms with Gasteiger partial charge >= 0.3 is 5.69 Å². The number of rotatable bonds is 8. The van der Waals surface area contributed by atoms with Gasteiger partial charge in [-0.2, -0.15) is 0 Å². The number of carbonyl (C=O) groups excluding carboxylic acids is 2. The molecule has 47 heavy (non-hydrogen) atoms. The molecule has 4 aromatic rings. The molecular formula is C35H36ClN5O6. The molecule has 1 fully saturated rings. The van der Waals surface area contributed by atoms with E-state index in [9.17, 15) is 24.3 Å². The number of benzene rings is 2. The fourth-order valence-electron chi connectivity index (χ4n) is 6.78. The lowest BCUT2D eigenvalue weighted by molar-refractivity contribution is -0.119. The van der Waals surface area contributed by atoms with Gasteiger partial charge < -0.3 is 25.0 Å². The van der Waals surface area contributed by atoms with Gasteiger partial charge in [0.1, 0.15) is 5.56 Å². The number of halogens is 1. The Morgan fingerprint density at radius 2 is 1.81 bits per heavy atom. The van der Waals surface area contributed by atoms with E-state index in [1.54, 1.807) is 19.2 Å². The van der Waals surface area contributed by atoms with E-state index in [1.165, 1.54) is 24.9 Å². The summed E-state index contributed by atoms with van der Waals surface area (Å²) in [5.41, 5.74) is 4.48. The number of fused-ring (bicyclic) bond motifs is 1. The minimum atomic E-state index is -0.686. The normalized spacial score (nSPS) is 18.6. The first-order valence-electron chi connectivity index (χ1n) is 15.5. The lowest BCUT2D eigenvalue weighted by Crippen LogP contribution is -2.40. The molecule has 0 saturated carbocycles. The van der Waals surface area contributed by atoms with E-state index in [-0.39, 0.29) is 23.3 Å². The Labute approximate surface area is 276 Å². The van der Waals surface area contributed by atoms with E-state index >= 15 is 0 Å². The molecule has 244 valence electrons. The molecule has 12 heteroatoms. The molecule has 0 spiro atoms. The quantitative estimate of drug-likeness (QED) is 0.260. The average Bonchev–Trinajstić information content (AvgIpc) is 3.62. The molecule has 0 radical (unpaired) electrons. The van der Waals surface area contributed by atoms with Crippen LogP contribution in [0.15, 0.2) is 58.3 Å². The topological polar surface area (TPSA) is 145 Å². The molecule has 1 saturated heterocycles. The van der Waals surface area contributed by atoms with E-state index in [2.05, 4.69) is 10.6 Å². The smallest absolute Gasteiger partial charge is 0.330 e. The first-order chi connectivity index (χ1) is 22.5. The number of hydrogen-bond acceptors (Lipinski definition) is 7. The van der Waals surface area contributed by atoms with Crippen molar-refractivity contribution in [2.24, 2.45) is 20.0 Å². The van der Waals surface area contributed by atoms with Gasteiger partial charge in [-0.3, -0.25) is 19.0 Å². The van der Waals surface area contributed by atoms with E-state index in [0.29, 0.717) is 47.2 Å². The van der Waals surface area contributed by atoms with Crippen LogP contribution in [0.2, 0.25) is 5.02 Å². The van der Waals surface area contributed by atoms with Gasteiger partial charge in [0.15, 0.2) is 0 Å². The Kier molecular flexibility index (Phi) is 8.78. The van der Waals surface area contributed by atoms with Crippen molar-refractivity contribution >= 4 is 29.1 Å². The van der Waals surface area contributed by atoms with Crippen LogP contribution in [0.25, 0.3) is 22.4 Å². The number of aromatic nitrogens is 3. The van der Waals surface area contributed by atoms with Gasteiger partial charge in [-0.1, -0.05) is 41.9 Å². The van der Waals surface area contributed by atoms with Gasteiger partial charge in [-0.05, 0) is 60.9 Å². The summed E-state index contributed by atoms with van der Waals surface area (Å²) < 4.78 is 7.84. The number of amides is 2. The summed E-state index contributed by atoms with van der Waals surface area (Å²) in [6.45, 7) is 2.52. The third-order valence-corrected chi connectivity index (χ3v) is 9.76. The number of aliphatic hydroxyl groups is 1. The number of methoxy groups -OCH3 is 1. The molecule has 2 aliphatic rings. The van der Waals surface area contributed by atoms with Crippen LogP contribution < -0.4 is 26.6 Å². The van der Waals surface area contributed by atoms with Gasteiger partial charge in [-0.25, -0.2) is 9.78 Å². The number of nitrogens with zero attached hydrogens (tertiary/aromatic N) is 3. The van der Waals surface area contributed by atoms with Crippen molar-refractivity contribution in [2.45, 2.75) is 44.6 Å². The zero-order valence-corrected chi connectivity index (χ0v) is 27.4. The third kappa shape index (κ3) is 5.96. The Morgan fingerprint density at radius 3 is 2.53 bits per heavy atom. The fourth-order valence-corrected chi connectivity index (χ4v) is 7.10. The predicted molar refractivity (Wildman–Crippen MR) is 179 cm³/mol. The highest BCUT2D eigenvalue weighted by molar-refractivity contribution is 6.36. The summed E-state index contributed by atoms with van der Waals surface area (Å²) in [5.74, 6) is 0.0110. The van der Waals surface area contributed by atoms with Crippen molar-refractivity contribution in [2.75, 3.05) is 19.0 Å². The SMILES string of the molecule is COc1nc(-c2cccc(-c3cccc(NC(=O)c4cn(C)c(=O)n(C)c4=O)c3C)c2Cl)cc2c1C(CCC1CNC(=O)C1)C(O)C2. The maximum absolute atomic E-state index is 13.2. The van der Waals surface area contributed by atoms with E-state index in [0.717, 1.165) is 45.2 Å². The molecule has 2 amide bonds. The molecule has 3 N–H and O–H groups in total. The number of nitrogens with one attached hydrogen (secondary N) is 2. The molecule has 11 nitrogen and oxygen atoms in total. The second-order valence-electron chi connectivity index (χ2n) is 12.3. The highest BCUT2D eigenvalue weighted by atomic mass is 35.5. The lowest BCUT2D eigenvalue weighted by Gasteiger charge is -2.20. The number of aliphatic hydroxyl groups excluding tert-OH is 1. The molecule has 3 heterocycles. The second-order valence-corrected chi connectivity index (χ2v) is 12.7. The first kappa shape index (κ1) is 32.2. The van der Waals surface area contributed by atoms with Gasteiger partial charge in [-0.15, -0.1) is 0 Å². The molecule has 3 unspecified atom stereocenters. The second kappa shape index (κ2) is 12.8. The van der Waals surface area contributed by atoms with Crippen LogP contribution in [0.4, 0.5) is 5.69 Å². The van der Waals surface area contributed by atoms with E-state index < -0.39 is 23.3 Å². The van der Waals surface area contributed by atoms with Crippen LogP contribution >= 0.6 is 11.6 Å². The molecule has 1 aliphatic heterocycles. The predicted octanol–water partition coefficient (Wildman–Crippen LogP) is 3.95. The maximum atomic E-state index is 13.2. The average molecular weight is 658 g/mol. The Bertz CT molecular complexity index is 2040. The third-order valence-electron chi connectivity index (χ3n) is 9.35. The van der Waals surface area contributed by atoms with Crippen LogP contribution in [0.5, 0.6) is 5.88 Å². The van der Waals surface area contributed by atoms with E-state index in [1.807, 2.05) is 37.3 Å². The van der Waals surface area contributed by atoms with Crippen molar-refractivity contribution in [3.63, 3.8) is 0 Å². The van der Waals surface area contributed by atoms with Gasteiger partial charge in [0.05, 0.1) is 23.9 Å². The number of pyridine rings is 1. The van der Waals surface area contributed by atoms with Crippen LogP contribution in [-0.4, -0.2) is 50.8 Å². The molecular weight excluding hydrogens is 622 g/mol. The minimum absolute atomic E-state index is 0.0745. The summed E-state index contributed by atoms with van der Waals surface area (Å²) in [6.07, 6.45) is 3.18. The lowest BCUT2D eigenvalue weighted by atomic mass is 9.90. The number of carbonyl (C=O) groups is 2. The van der Waals surface area contributed by atoms with Gasteiger partial charge in [0.25, 0.3) is 11.5 Å². The minimum Gasteiger partial charge on any atom is -0.481 e. The van der Waals surface area contributed by atoms with Crippen LogP contribution in [0.1, 0.15) is 52.2 Å². The summed E-state index contributed by atoms with van der Waals surface area (Å²) in [7, 11) is 4.37. The van der Waals surface area contributed by atoms with Crippen molar-refractivity contribution in [3.8, 4) is 28.3 Å². The van der Waals surface area contributed by atoms with Crippen molar-refractivity contribution in [1.82, 2.24) is 19.4 Å². The summed E-state index contributed by atoms with van der Waals surface area (Å²) in [4.78, 5) is 54.4. The van der Waals surface area contributed by atoms with Gasteiger partial charge in [0, 0.05) is 61.6 Å².